The molecule has 0 aliphatic rings. The topological polar surface area (TPSA) is 90.1 Å². The SMILES string of the molecule is CCCCCCC(C(C)O)n1cnc(C(N)=S)c1N. The van der Waals surface area contributed by atoms with Gasteiger partial charge in [-0.05, 0) is 13.3 Å². The second-order valence-corrected chi connectivity index (χ2v) is 5.35. The number of imidazole rings is 1. The van der Waals surface area contributed by atoms with Gasteiger partial charge < -0.3 is 21.1 Å². The van der Waals surface area contributed by atoms with Crippen LogP contribution in [0, 0.1) is 0 Å². The number of nitrogens with zero attached hydrogens (tertiary/aromatic N) is 2. The third-order valence-corrected chi connectivity index (χ3v) is 3.53. The van der Waals surface area contributed by atoms with Gasteiger partial charge in [0.25, 0.3) is 0 Å². The van der Waals surface area contributed by atoms with E-state index in [2.05, 4.69) is 11.9 Å². The average Bonchev–Trinajstić information content (AvgIpc) is 2.71. The van der Waals surface area contributed by atoms with Gasteiger partial charge in [0.15, 0.2) is 0 Å². The third-order valence-electron chi connectivity index (χ3n) is 3.33. The average molecular weight is 284 g/mol. The van der Waals surface area contributed by atoms with Gasteiger partial charge in [0.05, 0.1) is 18.5 Å². The van der Waals surface area contributed by atoms with Crippen LogP contribution < -0.4 is 11.5 Å². The molecule has 6 heteroatoms. The van der Waals surface area contributed by atoms with Crippen LogP contribution in [0.2, 0.25) is 0 Å². The van der Waals surface area contributed by atoms with E-state index in [9.17, 15) is 5.11 Å². The van der Waals surface area contributed by atoms with Crippen molar-refractivity contribution in [3.63, 3.8) is 0 Å². The zero-order valence-corrected chi connectivity index (χ0v) is 12.5. The van der Waals surface area contributed by atoms with Crippen LogP contribution in [0.25, 0.3) is 0 Å². The smallest absolute Gasteiger partial charge is 0.139 e. The molecule has 0 bridgehead atoms. The Morgan fingerprint density at radius 2 is 2.16 bits per heavy atom. The molecule has 1 rings (SSSR count). The Labute approximate surface area is 120 Å². The first-order valence-corrected chi connectivity index (χ1v) is 7.20. The quantitative estimate of drug-likeness (QED) is 0.502. The largest absolute Gasteiger partial charge is 0.391 e. The summed E-state index contributed by atoms with van der Waals surface area (Å²) in [5.74, 6) is 0.439. The first-order valence-electron chi connectivity index (χ1n) is 6.79. The van der Waals surface area contributed by atoms with E-state index in [1.54, 1.807) is 17.8 Å². The van der Waals surface area contributed by atoms with Crippen LogP contribution in [0.3, 0.4) is 0 Å². The molecule has 0 aromatic carbocycles. The van der Waals surface area contributed by atoms with E-state index in [0.717, 1.165) is 19.3 Å². The second kappa shape index (κ2) is 7.45. The Kier molecular flexibility index (Phi) is 6.24. The lowest BCUT2D eigenvalue weighted by atomic mass is 10.0. The van der Waals surface area contributed by atoms with E-state index in [0.29, 0.717) is 11.5 Å². The number of rotatable bonds is 8. The van der Waals surface area contributed by atoms with Gasteiger partial charge in [0, 0.05) is 0 Å². The monoisotopic (exact) mass is 284 g/mol. The molecular formula is C13H24N4OS. The molecule has 0 radical (unpaired) electrons. The van der Waals surface area contributed by atoms with Crippen molar-refractivity contribution in [3.8, 4) is 0 Å². The van der Waals surface area contributed by atoms with Gasteiger partial charge in [-0.15, -0.1) is 0 Å². The number of aliphatic hydroxyl groups excluding tert-OH is 1. The van der Waals surface area contributed by atoms with E-state index in [4.69, 9.17) is 23.7 Å². The molecule has 0 aliphatic heterocycles. The molecule has 1 aromatic rings. The maximum atomic E-state index is 9.93. The molecule has 2 unspecified atom stereocenters. The molecule has 5 N–H and O–H groups in total. The lowest BCUT2D eigenvalue weighted by molar-refractivity contribution is 0.124. The molecule has 0 aliphatic carbocycles. The van der Waals surface area contributed by atoms with Crippen molar-refractivity contribution in [2.24, 2.45) is 5.73 Å². The van der Waals surface area contributed by atoms with Gasteiger partial charge in [0.1, 0.15) is 16.5 Å². The summed E-state index contributed by atoms with van der Waals surface area (Å²) in [6.45, 7) is 3.94. The Morgan fingerprint density at radius 1 is 1.47 bits per heavy atom. The number of hydrogen-bond donors (Lipinski definition) is 3. The molecule has 2 atom stereocenters. The molecule has 0 spiro atoms. The Hall–Kier alpha value is -1.14. The van der Waals surface area contributed by atoms with E-state index in [-0.39, 0.29) is 11.0 Å². The first-order chi connectivity index (χ1) is 8.99. The van der Waals surface area contributed by atoms with Crippen molar-refractivity contribution >= 4 is 23.0 Å². The van der Waals surface area contributed by atoms with Crippen molar-refractivity contribution in [3.05, 3.63) is 12.0 Å². The van der Waals surface area contributed by atoms with Crippen LogP contribution in [0.5, 0.6) is 0 Å². The highest BCUT2D eigenvalue weighted by atomic mass is 32.1. The zero-order chi connectivity index (χ0) is 14.4. The minimum absolute atomic E-state index is 0.0764. The minimum Gasteiger partial charge on any atom is -0.391 e. The van der Waals surface area contributed by atoms with E-state index < -0.39 is 6.10 Å². The summed E-state index contributed by atoms with van der Waals surface area (Å²) in [5.41, 5.74) is 12.0. The van der Waals surface area contributed by atoms with Crippen LogP contribution in [-0.2, 0) is 0 Å². The molecule has 0 amide bonds. The number of nitrogen functional groups attached to an aromatic ring is 1. The van der Waals surface area contributed by atoms with Crippen LogP contribution in [-0.4, -0.2) is 25.8 Å². The van der Waals surface area contributed by atoms with Crippen LogP contribution in [0.4, 0.5) is 5.82 Å². The highest BCUT2D eigenvalue weighted by molar-refractivity contribution is 7.80. The molecular weight excluding hydrogens is 260 g/mol. The Bertz CT molecular complexity index is 417. The highest BCUT2D eigenvalue weighted by Gasteiger charge is 2.21. The fraction of sp³-hybridized carbons (Fsp3) is 0.692. The van der Waals surface area contributed by atoms with E-state index in [1.807, 2.05) is 0 Å². The fourth-order valence-electron chi connectivity index (χ4n) is 2.22. The standard InChI is InChI=1S/C13H24N4OS/c1-3-4-5-6-7-10(9(2)18)17-8-16-11(12(17)14)13(15)19/h8-10,18H,3-7,14H2,1-2H3,(H2,15,19). The summed E-state index contributed by atoms with van der Waals surface area (Å²) in [5, 5.41) is 9.93. The molecule has 0 fully saturated rings. The van der Waals surface area contributed by atoms with Gasteiger partial charge in [-0.3, -0.25) is 0 Å². The number of hydrogen-bond acceptors (Lipinski definition) is 4. The van der Waals surface area contributed by atoms with Gasteiger partial charge in [0.2, 0.25) is 0 Å². The summed E-state index contributed by atoms with van der Waals surface area (Å²) >= 11 is 4.90. The predicted molar refractivity (Wildman–Crippen MR) is 82.0 cm³/mol. The van der Waals surface area contributed by atoms with Crippen molar-refractivity contribution in [2.75, 3.05) is 5.73 Å². The van der Waals surface area contributed by atoms with Gasteiger partial charge in [-0.1, -0.05) is 44.8 Å². The van der Waals surface area contributed by atoms with Crippen LogP contribution in [0.1, 0.15) is 57.7 Å². The Balaban J connectivity index is 2.79. The number of thiocarbonyl (C=S) groups is 1. The van der Waals surface area contributed by atoms with Crippen molar-refractivity contribution in [2.45, 2.75) is 58.1 Å². The minimum atomic E-state index is -0.489. The number of nitrogens with two attached hydrogens (primary N) is 2. The summed E-state index contributed by atoms with van der Waals surface area (Å²) in [6, 6.07) is -0.0764. The summed E-state index contributed by atoms with van der Waals surface area (Å²) in [6.07, 6.45) is 6.62. The molecule has 1 aromatic heterocycles. The second-order valence-electron chi connectivity index (χ2n) is 4.91. The first kappa shape index (κ1) is 15.9. The molecule has 19 heavy (non-hydrogen) atoms. The van der Waals surface area contributed by atoms with E-state index >= 15 is 0 Å². The fourth-order valence-corrected chi connectivity index (χ4v) is 2.37. The van der Waals surface area contributed by atoms with Gasteiger partial charge >= 0.3 is 0 Å². The van der Waals surface area contributed by atoms with Crippen LogP contribution in [0.15, 0.2) is 6.33 Å². The number of anilines is 1. The third kappa shape index (κ3) is 4.18. The Morgan fingerprint density at radius 3 is 2.63 bits per heavy atom. The van der Waals surface area contributed by atoms with E-state index in [1.165, 1.54) is 12.8 Å². The molecule has 0 saturated carbocycles. The van der Waals surface area contributed by atoms with Crippen LogP contribution >= 0.6 is 12.2 Å². The molecule has 108 valence electrons. The summed E-state index contributed by atoms with van der Waals surface area (Å²) in [7, 11) is 0. The molecule has 0 saturated heterocycles. The maximum Gasteiger partial charge on any atom is 0.139 e. The summed E-state index contributed by atoms with van der Waals surface area (Å²) < 4.78 is 1.78. The maximum absolute atomic E-state index is 9.93. The number of aromatic nitrogens is 2. The highest BCUT2D eigenvalue weighted by Crippen LogP contribution is 2.25. The normalized spacial score (nSPS) is 14.3. The number of aliphatic hydroxyl groups is 1. The van der Waals surface area contributed by atoms with Gasteiger partial charge in [-0.25, -0.2) is 4.98 Å². The lowest BCUT2D eigenvalue weighted by Gasteiger charge is -2.22. The predicted octanol–water partition coefficient (Wildman–Crippen LogP) is 1.99. The van der Waals surface area contributed by atoms with Crippen molar-refractivity contribution in [1.29, 1.82) is 0 Å². The summed E-state index contributed by atoms with van der Waals surface area (Å²) in [4.78, 5) is 4.31. The van der Waals surface area contributed by atoms with Gasteiger partial charge in [-0.2, -0.15) is 0 Å². The molecule has 1 heterocycles. The molecule has 5 nitrogen and oxygen atoms in total. The van der Waals surface area contributed by atoms with Crippen molar-refractivity contribution < 1.29 is 5.11 Å². The lowest BCUT2D eigenvalue weighted by Crippen LogP contribution is -2.23. The zero-order valence-electron chi connectivity index (χ0n) is 11.7. The van der Waals surface area contributed by atoms with Crippen molar-refractivity contribution in [1.82, 2.24) is 9.55 Å². The number of unbranched alkanes of at least 4 members (excludes halogenated alkanes) is 3.